The van der Waals surface area contributed by atoms with Crippen molar-refractivity contribution in [1.29, 1.82) is 0 Å². The van der Waals surface area contributed by atoms with Crippen molar-refractivity contribution in [1.82, 2.24) is 0 Å². The Labute approximate surface area is 80.6 Å². The van der Waals surface area contributed by atoms with Crippen LogP contribution in [0.3, 0.4) is 0 Å². The van der Waals surface area contributed by atoms with Crippen LogP contribution in [0.1, 0.15) is 10.4 Å². The van der Waals surface area contributed by atoms with E-state index in [0.29, 0.717) is 12.3 Å². The molecule has 0 amide bonds. The second-order valence-electron chi connectivity index (χ2n) is 3.08. The van der Waals surface area contributed by atoms with Gasteiger partial charge in [-0.05, 0) is 24.6 Å². The van der Waals surface area contributed by atoms with Crippen LogP contribution in [0.25, 0.3) is 10.1 Å². The van der Waals surface area contributed by atoms with Crippen LogP contribution in [-0.2, 0) is 6.54 Å². The second-order valence-corrected chi connectivity index (χ2v) is 4.21. The highest BCUT2D eigenvalue weighted by Crippen LogP contribution is 2.36. The Morgan fingerprint density at radius 1 is 1.46 bits per heavy atom. The molecule has 0 aliphatic carbocycles. The molecular formula is C10H11NOS. The lowest BCUT2D eigenvalue weighted by Crippen LogP contribution is -1.91. The maximum absolute atomic E-state index is 9.71. The van der Waals surface area contributed by atoms with Crippen molar-refractivity contribution in [2.24, 2.45) is 5.73 Å². The van der Waals surface area contributed by atoms with Gasteiger partial charge in [0.1, 0.15) is 5.75 Å². The monoisotopic (exact) mass is 193 g/mol. The van der Waals surface area contributed by atoms with Gasteiger partial charge in [0.15, 0.2) is 0 Å². The molecule has 0 fully saturated rings. The lowest BCUT2D eigenvalue weighted by atomic mass is 10.2. The predicted molar refractivity (Wildman–Crippen MR) is 56.1 cm³/mol. The van der Waals surface area contributed by atoms with E-state index < -0.39 is 0 Å². The molecule has 0 saturated carbocycles. The molecule has 0 spiro atoms. The quantitative estimate of drug-likeness (QED) is 0.730. The van der Waals surface area contributed by atoms with Gasteiger partial charge in [0.25, 0.3) is 0 Å². The summed E-state index contributed by atoms with van der Waals surface area (Å²) in [6.07, 6.45) is 0. The largest absolute Gasteiger partial charge is 0.506 e. The summed E-state index contributed by atoms with van der Waals surface area (Å²) in [4.78, 5) is 0.862. The minimum atomic E-state index is 0.350. The first-order valence-corrected chi connectivity index (χ1v) is 4.95. The van der Waals surface area contributed by atoms with E-state index in [0.717, 1.165) is 15.0 Å². The molecule has 13 heavy (non-hydrogen) atoms. The summed E-state index contributed by atoms with van der Waals surface area (Å²) in [5.74, 6) is 0.350. The predicted octanol–water partition coefficient (Wildman–Crippen LogP) is 2.37. The van der Waals surface area contributed by atoms with E-state index in [1.165, 1.54) is 5.56 Å². The van der Waals surface area contributed by atoms with Crippen molar-refractivity contribution < 1.29 is 5.11 Å². The van der Waals surface area contributed by atoms with Crippen LogP contribution in [0, 0.1) is 6.92 Å². The maximum atomic E-state index is 9.71. The van der Waals surface area contributed by atoms with Crippen molar-refractivity contribution in [3.8, 4) is 5.75 Å². The number of thiophene rings is 1. The van der Waals surface area contributed by atoms with E-state index in [9.17, 15) is 5.11 Å². The zero-order chi connectivity index (χ0) is 9.42. The average molecular weight is 193 g/mol. The molecule has 0 saturated heterocycles. The molecule has 1 aromatic heterocycles. The van der Waals surface area contributed by atoms with Crippen molar-refractivity contribution >= 4 is 21.4 Å². The van der Waals surface area contributed by atoms with Crippen LogP contribution in [0.15, 0.2) is 18.2 Å². The Hall–Kier alpha value is -1.06. The highest BCUT2D eigenvalue weighted by molar-refractivity contribution is 7.19. The number of fused-ring (bicyclic) bond motifs is 1. The van der Waals surface area contributed by atoms with Crippen molar-refractivity contribution in [2.75, 3.05) is 0 Å². The average Bonchev–Trinajstić information content (AvgIpc) is 2.42. The molecule has 0 atom stereocenters. The molecule has 0 aliphatic heterocycles. The summed E-state index contributed by atoms with van der Waals surface area (Å²) in [5.41, 5.74) is 6.71. The summed E-state index contributed by atoms with van der Waals surface area (Å²) >= 11 is 1.56. The summed E-state index contributed by atoms with van der Waals surface area (Å²) in [6.45, 7) is 2.45. The smallest absolute Gasteiger partial charge is 0.138 e. The summed E-state index contributed by atoms with van der Waals surface area (Å²) in [5, 5.41) is 10.6. The van der Waals surface area contributed by atoms with E-state index in [2.05, 4.69) is 6.07 Å². The van der Waals surface area contributed by atoms with E-state index >= 15 is 0 Å². The third kappa shape index (κ3) is 1.30. The van der Waals surface area contributed by atoms with Crippen molar-refractivity contribution in [3.05, 3.63) is 28.6 Å². The van der Waals surface area contributed by atoms with E-state index in [4.69, 9.17) is 5.73 Å². The minimum absolute atomic E-state index is 0.350. The molecule has 2 rings (SSSR count). The van der Waals surface area contributed by atoms with Crippen molar-refractivity contribution in [2.45, 2.75) is 13.5 Å². The number of nitrogens with two attached hydrogens (primary N) is 1. The van der Waals surface area contributed by atoms with Gasteiger partial charge in [-0.1, -0.05) is 6.07 Å². The maximum Gasteiger partial charge on any atom is 0.138 e. The zero-order valence-corrected chi connectivity index (χ0v) is 8.19. The molecular weight excluding hydrogens is 182 g/mol. The van der Waals surface area contributed by atoms with Crippen molar-refractivity contribution in [3.63, 3.8) is 0 Å². The van der Waals surface area contributed by atoms with E-state index in [1.54, 1.807) is 11.3 Å². The topological polar surface area (TPSA) is 46.2 Å². The molecule has 1 aromatic carbocycles. The molecule has 0 radical (unpaired) electrons. The molecule has 3 heteroatoms. The number of aryl methyl sites for hydroxylation is 1. The highest BCUT2D eigenvalue weighted by atomic mass is 32.1. The van der Waals surface area contributed by atoms with E-state index in [1.807, 2.05) is 19.1 Å². The van der Waals surface area contributed by atoms with Crippen LogP contribution >= 0.6 is 11.3 Å². The fourth-order valence-electron chi connectivity index (χ4n) is 1.38. The molecule has 1 heterocycles. The lowest BCUT2D eigenvalue weighted by Gasteiger charge is -1.92. The third-order valence-corrected chi connectivity index (χ3v) is 3.24. The number of rotatable bonds is 1. The minimum Gasteiger partial charge on any atom is -0.506 e. The Balaban J connectivity index is 2.76. The van der Waals surface area contributed by atoms with Crippen LogP contribution < -0.4 is 5.73 Å². The first kappa shape index (κ1) is 8.53. The first-order chi connectivity index (χ1) is 6.22. The Bertz CT molecular complexity index is 447. The third-order valence-electron chi connectivity index (χ3n) is 2.07. The number of benzene rings is 1. The van der Waals surface area contributed by atoms with Gasteiger partial charge in [-0.2, -0.15) is 0 Å². The Morgan fingerprint density at radius 2 is 2.23 bits per heavy atom. The fourth-order valence-corrected chi connectivity index (χ4v) is 2.45. The molecule has 68 valence electrons. The molecule has 0 unspecified atom stereocenters. The van der Waals surface area contributed by atoms with E-state index in [-0.39, 0.29) is 0 Å². The Morgan fingerprint density at radius 3 is 2.92 bits per heavy atom. The lowest BCUT2D eigenvalue weighted by molar-refractivity contribution is 0.478. The Kier molecular flexibility index (Phi) is 1.98. The molecule has 0 aliphatic rings. The van der Waals surface area contributed by atoms with Crippen LogP contribution in [0.2, 0.25) is 0 Å². The zero-order valence-electron chi connectivity index (χ0n) is 7.37. The fraction of sp³-hybridized carbons (Fsp3) is 0.200. The van der Waals surface area contributed by atoms with Gasteiger partial charge in [0, 0.05) is 16.6 Å². The number of hydrogen-bond acceptors (Lipinski definition) is 3. The standard InChI is InChI=1S/C10H11NOS/c1-6-2-3-7-8(4-6)13-9(5-11)10(7)12/h2-4,12H,5,11H2,1H3. The molecule has 0 bridgehead atoms. The highest BCUT2D eigenvalue weighted by Gasteiger charge is 2.08. The number of hydrogen-bond donors (Lipinski definition) is 2. The number of aromatic hydroxyl groups is 1. The van der Waals surface area contributed by atoms with Gasteiger partial charge in [-0.15, -0.1) is 11.3 Å². The van der Waals surface area contributed by atoms with Gasteiger partial charge in [0.2, 0.25) is 0 Å². The normalized spacial score (nSPS) is 10.9. The summed E-state index contributed by atoms with van der Waals surface area (Å²) in [6, 6.07) is 6.00. The van der Waals surface area contributed by atoms with Crippen LogP contribution in [0.4, 0.5) is 0 Å². The van der Waals surface area contributed by atoms with Gasteiger partial charge in [0.05, 0.1) is 4.88 Å². The molecule has 3 N–H and O–H groups in total. The summed E-state index contributed by atoms with van der Waals surface area (Å²) in [7, 11) is 0. The first-order valence-electron chi connectivity index (χ1n) is 4.13. The summed E-state index contributed by atoms with van der Waals surface area (Å²) < 4.78 is 1.11. The molecule has 2 nitrogen and oxygen atoms in total. The second kappa shape index (κ2) is 3.01. The van der Waals surface area contributed by atoms with Gasteiger partial charge in [-0.3, -0.25) is 0 Å². The van der Waals surface area contributed by atoms with Gasteiger partial charge >= 0.3 is 0 Å². The van der Waals surface area contributed by atoms with Crippen LogP contribution in [-0.4, -0.2) is 5.11 Å². The van der Waals surface area contributed by atoms with Crippen LogP contribution in [0.5, 0.6) is 5.75 Å². The molecule has 2 aromatic rings. The SMILES string of the molecule is Cc1ccc2c(O)c(CN)sc2c1. The van der Waals surface area contributed by atoms with Gasteiger partial charge < -0.3 is 10.8 Å². The van der Waals surface area contributed by atoms with Gasteiger partial charge in [-0.25, -0.2) is 0 Å².